The van der Waals surface area contributed by atoms with Gasteiger partial charge in [-0.2, -0.15) is 0 Å². The van der Waals surface area contributed by atoms with Crippen molar-refractivity contribution in [1.82, 2.24) is 9.38 Å². The molecule has 0 saturated carbocycles. The van der Waals surface area contributed by atoms with Crippen molar-refractivity contribution in [2.75, 3.05) is 7.11 Å². The first-order chi connectivity index (χ1) is 8.52. The zero-order chi connectivity index (χ0) is 13.3. The molecule has 0 fully saturated rings. The van der Waals surface area contributed by atoms with Gasteiger partial charge in [0.2, 0.25) is 0 Å². The Hall–Kier alpha value is -2.37. The quantitative estimate of drug-likeness (QED) is 0.818. The van der Waals surface area contributed by atoms with Crippen LogP contribution in [-0.4, -0.2) is 33.4 Å². The molecule has 2 heterocycles. The molecule has 1 N–H and O–H groups in total. The molecule has 0 spiro atoms. The molecule has 0 aliphatic rings. The Balaban J connectivity index is 2.66. The Labute approximate surface area is 103 Å². The van der Waals surface area contributed by atoms with Gasteiger partial charge in [-0.3, -0.25) is 9.20 Å². The second kappa shape index (κ2) is 4.48. The zero-order valence-electron chi connectivity index (χ0n) is 10.0. The average Bonchev–Trinajstić information content (AvgIpc) is 2.66. The van der Waals surface area contributed by atoms with Gasteiger partial charge in [0.1, 0.15) is 17.4 Å². The SMILES string of the molecule is COC(=O)c1nc(CC(C)=O)n2cc(O)ccc12. The monoisotopic (exact) mass is 248 g/mol. The maximum absolute atomic E-state index is 11.6. The maximum Gasteiger partial charge on any atom is 0.358 e. The van der Waals surface area contributed by atoms with Crippen LogP contribution in [0.15, 0.2) is 18.3 Å². The van der Waals surface area contributed by atoms with Gasteiger partial charge in [0.05, 0.1) is 25.2 Å². The molecule has 6 heteroatoms. The van der Waals surface area contributed by atoms with E-state index in [1.807, 2.05) is 0 Å². The molecule has 0 aromatic carbocycles. The Morgan fingerprint density at radius 1 is 1.44 bits per heavy atom. The highest BCUT2D eigenvalue weighted by atomic mass is 16.5. The number of imidazole rings is 1. The van der Waals surface area contributed by atoms with Crippen molar-refractivity contribution in [1.29, 1.82) is 0 Å². The lowest BCUT2D eigenvalue weighted by Gasteiger charge is -1.99. The van der Waals surface area contributed by atoms with Crippen LogP contribution >= 0.6 is 0 Å². The lowest BCUT2D eigenvalue weighted by Crippen LogP contribution is -2.03. The number of ketones is 1. The molecule has 0 aliphatic carbocycles. The lowest BCUT2D eigenvalue weighted by molar-refractivity contribution is -0.116. The molecule has 0 unspecified atom stereocenters. The van der Waals surface area contributed by atoms with E-state index in [0.717, 1.165) is 0 Å². The van der Waals surface area contributed by atoms with Gasteiger partial charge in [0.15, 0.2) is 5.69 Å². The van der Waals surface area contributed by atoms with E-state index in [0.29, 0.717) is 11.3 Å². The summed E-state index contributed by atoms with van der Waals surface area (Å²) in [6, 6.07) is 3.00. The number of hydrogen-bond acceptors (Lipinski definition) is 5. The standard InChI is InChI=1S/C12H12N2O4/c1-7(15)5-10-13-11(12(17)18-2)9-4-3-8(16)6-14(9)10/h3-4,6,16H,5H2,1-2H3. The molecule has 18 heavy (non-hydrogen) atoms. The van der Waals surface area contributed by atoms with E-state index < -0.39 is 5.97 Å². The van der Waals surface area contributed by atoms with E-state index >= 15 is 0 Å². The Morgan fingerprint density at radius 3 is 2.78 bits per heavy atom. The van der Waals surface area contributed by atoms with Crippen molar-refractivity contribution >= 4 is 17.3 Å². The highest BCUT2D eigenvalue weighted by Crippen LogP contribution is 2.19. The summed E-state index contributed by atoms with van der Waals surface area (Å²) in [6.45, 7) is 1.43. The van der Waals surface area contributed by atoms with Crippen molar-refractivity contribution in [2.24, 2.45) is 0 Å². The number of methoxy groups -OCH3 is 1. The molecular formula is C12H12N2O4. The minimum absolute atomic E-state index is 0.0288. The van der Waals surface area contributed by atoms with Crippen molar-refractivity contribution in [2.45, 2.75) is 13.3 Å². The molecule has 2 aromatic rings. The highest BCUT2D eigenvalue weighted by Gasteiger charge is 2.18. The van der Waals surface area contributed by atoms with Crippen LogP contribution in [0.4, 0.5) is 0 Å². The predicted octanol–water partition coefficient (Wildman–Crippen LogP) is 0.958. The van der Waals surface area contributed by atoms with Gasteiger partial charge in [-0.15, -0.1) is 0 Å². The van der Waals surface area contributed by atoms with Crippen LogP contribution in [0.1, 0.15) is 23.2 Å². The summed E-state index contributed by atoms with van der Waals surface area (Å²) in [5.41, 5.74) is 0.629. The molecule has 0 radical (unpaired) electrons. The number of aromatic nitrogens is 2. The van der Waals surface area contributed by atoms with Crippen molar-refractivity contribution in [3.05, 3.63) is 29.8 Å². The molecule has 0 amide bonds. The van der Waals surface area contributed by atoms with E-state index in [4.69, 9.17) is 0 Å². The predicted molar refractivity (Wildman–Crippen MR) is 62.6 cm³/mol. The molecule has 2 rings (SSSR count). The normalized spacial score (nSPS) is 10.6. The minimum atomic E-state index is -0.576. The number of fused-ring (bicyclic) bond motifs is 1. The largest absolute Gasteiger partial charge is 0.506 e. The first-order valence-corrected chi connectivity index (χ1v) is 5.30. The van der Waals surface area contributed by atoms with E-state index in [2.05, 4.69) is 9.72 Å². The Kier molecular flexibility index (Phi) is 3.01. The fourth-order valence-corrected chi connectivity index (χ4v) is 1.73. The third-order valence-corrected chi connectivity index (χ3v) is 2.48. The van der Waals surface area contributed by atoms with E-state index in [1.165, 1.54) is 30.7 Å². The number of hydrogen-bond donors (Lipinski definition) is 1. The molecule has 0 saturated heterocycles. The first-order valence-electron chi connectivity index (χ1n) is 5.30. The number of esters is 1. The summed E-state index contributed by atoms with van der Waals surface area (Å²) >= 11 is 0. The first kappa shape index (κ1) is 12.1. The lowest BCUT2D eigenvalue weighted by atomic mass is 10.3. The number of pyridine rings is 1. The van der Waals surface area contributed by atoms with Gasteiger partial charge >= 0.3 is 5.97 Å². The van der Waals surface area contributed by atoms with Crippen LogP contribution in [0.5, 0.6) is 5.75 Å². The van der Waals surface area contributed by atoms with Crippen LogP contribution in [-0.2, 0) is 16.0 Å². The Morgan fingerprint density at radius 2 is 2.17 bits per heavy atom. The molecule has 0 atom stereocenters. The van der Waals surface area contributed by atoms with Gasteiger partial charge in [-0.1, -0.05) is 0 Å². The summed E-state index contributed by atoms with van der Waals surface area (Å²) in [6.07, 6.45) is 1.49. The fraction of sp³-hybridized carbons (Fsp3) is 0.250. The van der Waals surface area contributed by atoms with Crippen LogP contribution in [0.3, 0.4) is 0 Å². The number of ether oxygens (including phenoxy) is 1. The molecule has 0 aliphatic heterocycles. The topological polar surface area (TPSA) is 80.9 Å². The van der Waals surface area contributed by atoms with Gasteiger partial charge in [-0.25, -0.2) is 9.78 Å². The van der Waals surface area contributed by atoms with Crippen molar-refractivity contribution in [3.8, 4) is 5.75 Å². The Bertz CT molecular complexity index is 630. The second-order valence-corrected chi connectivity index (χ2v) is 3.89. The van der Waals surface area contributed by atoms with Crippen LogP contribution in [0, 0.1) is 0 Å². The number of Topliss-reactive ketones (excluding diaryl/α,β-unsaturated/α-hetero) is 1. The van der Waals surface area contributed by atoms with E-state index in [9.17, 15) is 14.7 Å². The highest BCUT2D eigenvalue weighted by molar-refractivity contribution is 5.95. The zero-order valence-corrected chi connectivity index (χ0v) is 10.0. The summed E-state index contributed by atoms with van der Waals surface area (Å²) in [7, 11) is 1.26. The van der Waals surface area contributed by atoms with Crippen LogP contribution in [0.25, 0.3) is 5.52 Å². The van der Waals surface area contributed by atoms with Crippen molar-refractivity contribution < 1.29 is 19.4 Å². The molecule has 94 valence electrons. The van der Waals surface area contributed by atoms with Crippen LogP contribution < -0.4 is 0 Å². The van der Waals surface area contributed by atoms with Gasteiger partial charge in [0.25, 0.3) is 0 Å². The van der Waals surface area contributed by atoms with E-state index in [-0.39, 0.29) is 23.6 Å². The van der Waals surface area contributed by atoms with Gasteiger partial charge < -0.3 is 9.84 Å². The van der Waals surface area contributed by atoms with Crippen LogP contribution in [0.2, 0.25) is 0 Å². The molecular weight excluding hydrogens is 236 g/mol. The number of rotatable bonds is 3. The number of carbonyl (C=O) groups excluding carboxylic acids is 2. The number of aromatic hydroxyl groups is 1. The van der Waals surface area contributed by atoms with E-state index in [1.54, 1.807) is 6.07 Å². The second-order valence-electron chi connectivity index (χ2n) is 3.89. The smallest absolute Gasteiger partial charge is 0.358 e. The third-order valence-electron chi connectivity index (χ3n) is 2.48. The molecule has 0 bridgehead atoms. The summed E-state index contributed by atoms with van der Waals surface area (Å²) < 4.78 is 6.15. The summed E-state index contributed by atoms with van der Waals surface area (Å²) in [5.74, 6) is -0.232. The van der Waals surface area contributed by atoms with Gasteiger partial charge in [-0.05, 0) is 19.1 Å². The average molecular weight is 248 g/mol. The maximum atomic E-state index is 11.6. The van der Waals surface area contributed by atoms with Crippen molar-refractivity contribution in [3.63, 3.8) is 0 Å². The fourth-order valence-electron chi connectivity index (χ4n) is 1.73. The van der Waals surface area contributed by atoms with Gasteiger partial charge in [0, 0.05) is 0 Å². The molecule has 6 nitrogen and oxygen atoms in total. The minimum Gasteiger partial charge on any atom is -0.506 e. The number of nitrogens with zero attached hydrogens (tertiary/aromatic N) is 2. The summed E-state index contributed by atoms with van der Waals surface area (Å²) in [5, 5.41) is 9.44. The molecule has 2 aromatic heterocycles. The third kappa shape index (κ3) is 2.04. The summed E-state index contributed by atoms with van der Waals surface area (Å²) in [4.78, 5) is 26.8. The number of carbonyl (C=O) groups is 2.